The topological polar surface area (TPSA) is 20.2 Å². The second kappa shape index (κ2) is 4.33. The highest BCUT2D eigenvalue weighted by molar-refractivity contribution is 5.08. The third-order valence-electron chi connectivity index (χ3n) is 1.02. The van der Waals surface area contributed by atoms with Crippen LogP contribution in [-0.4, -0.2) is 11.7 Å². The van der Waals surface area contributed by atoms with Crippen LogP contribution in [0, 0.1) is 0 Å². The molecule has 0 aliphatic carbocycles. The van der Waals surface area contributed by atoms with Crippen LogP contribution < -0.4 is 0 Å². The molecule has 1 heteroatoms. The molecule has 0 aromatic rings. The highest BCUT2D eigenvalue weighted by Crippen LogP contribution is 2.05. The monoisotopic (exact) mass is 126 g/mol. The number of rotatable bonds is 3. The summed E-state index contributed by atoms with van der Waals surface area (Å²) < 4.78 is 0. The smallest absolute Gasteiger partial charge is 0.0615 e. The van der Waals surface area contributed by atoms with Gasteiger partial charge in [0.15, 0.2) is 0 Å². The van der Waals surface area contributed by atoms with E-state index in [-0.39, 0.29) is 6.61 Å². The molecule has 0 spiro atoms. The summed E-state index contributed by atoms with van der Waals surface area (Å²) in [4.78, 5) is 0. The van der Waals surface area contributed by atoms with Gasteiger partial charge in [-0.15, -0.1) is 0 Å². The molecule has 0 heterocycles. The van der Waals surface area contributed by atoms with E-state index in [1.165, 1.54) is 5.57 Å². The summed E-state index contributed by atoms with van der Waals surface area (Å²) in [7, 11) is 0. The van der Waals surface area contributed by atoms with Crippen molar-refractivity contribution in [2.45, 2.75) is 20.3 Å². The second-order valence-electron chi connectivity index (χ2n) is 2.37. The predicted molar refractivity (Wildman–Crippen MR) is 40.3 cm³/mol. The van der Waals surface area contributed by atoms with Crippen molar-refractivity contribution < 1.29 is 5.11 Å². The van der Waals surface area contributed by atoms with E-state index in [1.54, 1.807) is 6.08 Å². The fraction of sp³-hybridized carbons (Fsp3) is 0.500. The average molecular weight is 126 g/mol. The maximum atomic E-state index is 8.44. The molecule has 0 rings (SSSR count). The van der Waals surface area contributed by atoms with Crippen molar-refractivity contribution in [3.8, 4) is 0 Å². The average Bonchev–Trinajstić information content (AvgIpc) is 1.63. The van der Waals surface area contributed by atoms with Crippen LogP contribution in [0.2, 0.25) is 0 Å². The Morgan fingerprint density at radius 3 is 2.44 bits per heavy atom. The van der Waals surface area contributed by atoms with E-state index in [4.69, 9.17) is 5.11 Å². The van der Waals surface area contributed by atoms with Gasteiger partial charge < -0.3 is 5.11 Å². The molecular weight excluding hydrogens is 112 g/mol. The first kappa shape index (κ1) is 8.44. The summed E-state index contributed by atoms with van der Waals surface area (Å²) in [6, 6.07) is 0. The van der Waals surface area contributed by atoms with E-state index in [2.05, 4.69) is 6.58 Å². The molecule has 0 aliphatic rings. The largest absolute Gasteiger partial charge is 0.392 e. The van der Waals surface area contributed by atoms with E-state index in [0.29, 0.717) is 0 Å². The summed E-state index contributed by atoms with van der Waals surface area (Å²) in [5.74, 6) is 0. The van der Waals surface area contributed by atoms with Crippen molar-refractivity contribution in [3.05, 3.63) is 23.8 Å². The Labute approximate surface area is 56.7 Å². The molecule has 0 amide bonds. The van der Waals surface area contributed by atoms with Gasteiger partial charge in [-0.25, -0.2) is 0 Å². The van der Waals surface area contributed by atoms with Crippen LogP contribution in [0.5, 0.6) is 0 Å². The SMILES string of the molecule is C=C(C)CC(C)=CCO. The molecule has 0 bridgehead atoms. The lowest BCUT2D eigenvalue weighted by atomic mass is 10.1. The van der Waals surface area contributed by atoms with Crippen LogP contribution in [0.4, 0.5) is 0 Å². The van der Waals surface area contributed by atoms with Crippen molar-refractivity contribution in [1.29, 1.82) is 0 Å². The molecule has 0 aromatic heterocycles. The summed E-state index contributed by atoms with van der Waals surface area (Å²) in [5.41, 5.74) is 2.32. The van der Waals surface area contributed by atoms with Gasteiger partial charge in [0.2, 0.25) is 0 Å². The zero-order valence-electron chi connectivity index (χ0n) is 6.15. The molecule has 0 atom stereocenters. The molecular formula is C8H14O. The summed E-state index contributed by atoms with van der Waals surface area (Å²) in [5, 5.41) is 8.44. The van der Waals surface area contributed by atoms with Crippen LogP contribution in [0.1, 0.15) is 20.3 Å². The Morgan fingerprint density at radius 1 is 1.56 bits per heavy atom. The van der Waals surface area contributed by atoms with Crippen molar-refractivity contribution in [3.63, 3.8) is 0 Å². The van der Waals surface area contributed by atoms with Gasteiger partial charge in [-0.3, -0.25) is 0 Å². The Morgan fingerprint density at radius 2 is 2.11 bits per heavy atom. The van der Waals surface area contributed by atoms with Crippen molar-refractivity contribution >= 4 is 0 Å². The third-order valence-corrected chi connectivity index (χ3v) is 1.02. The number of aliphatic hydroxyl groups excluding tert-OH is 1. The molecule has 0 radical (unpaired) electrons. The maximum absolute atomic E-state index is 8.44. The van der Waals surface area contributed by atoms with E-state index in [0.717, 1.165) is 12.0 Å². The first-order valence-electron chi connectivity index (χ1n) is 3.07. The second-order valence-corrected chi connectivity index (χ2v) is 2.37. The lowest BCUT2D eigenvalue weighted by molar-refractivity contribution is 0.341. The van der Waals surface area contributed by atoms with E-state index >= 15 is 0 Å². The molecule has 0 fully saturated rings. The summed E-state index contributed by atoms with van der Waals surface area (Å²) >= 11 is 0. The van der Waals surface area contributed by atoms with E-state index in [1.807, 2.05) is 13.8 Å². The van der Waals surface area contributed by atoms with Crippen molar-refractivity contribution in [2.24, 2.45) is 0 Å². The first-order chi connectivity index (χ1) is 4.16. The Bertz CT molecular complexity index is 123. The lowest BCUT2D eigenvalue weighted by Crippen LogP contribution is -1.81. The number of hydrogen-bond acceptors (Lipinski definition) is 1. The lowest BCUT2D eigenvalue weighted by Gasteiger charge is -1.97. The number of hydrogen-bond donors (Lipinski definition) is 1. The number of aliphatic hydroxyl groups is 1. The molecule has 0 aliphatic heterocycles. The Kier molecular flexibility index (Phi) is 4.06. The van der Waals surface area contributed by atoms with Crippen LogP contribution in [0.3, 0.4) is 0 Å². The standard InChI is InChI=1S/C8H14O/c1-7(2)6-8(3)4-5-9/h4,9H,1,5-6H2,2-3H3. The molecule has 52 valence electrons. The Hall–Kier alpha value is -0.560. The predicted octanol–water partition coefficient (Wildman–Crippen LogP) is 1.89. The molecule has 1 nitrogen and oxygen atoms in total. The minimum absolute atomic E-state index is 0.138. The van der Waals surface area contributed by atoms with Gasteiger partial charge in [0.25, 0.3) is 0 Å². The molecule has 1 N–H and O–H groups in total. The maximum Gasteiger partial charge on any atom is 0.0615 e. The fourth-order valence-electron chi connectivity index (χ4n) is 0.704. The highest BCUT2D eigenvalue weighted by atomic mass is 16.2. The normalized spacial score (nSPS) is 11.7. The van der Waals surface area contributed by atoms with Gasteiger partial charge >= 0.3 is 0 Å². The van der Waals surface area contributed by atoms with Crippen molar-refractivity contribution in [2.75, 3.05) is 6.61 Å². The third kappa shape index (κ3) is 5.31. The van der Waals surface area contributed by atoms with Crippen LogP contribution in [0.15, 0.2) is 23.8 Å². The summed E-state index contributed by atoms with van der Waals surface area (Å²) in [6.45, 7) is 7.86. The molecule has 9 heavy (non-hydrogen) atoms. The van der Waals surface area contributed by atoms with Crippen LogP contribution in [0.25, 0.3) is 0 Å². The van der Waals surface area contributed by atoms with Gasteiger partial charge in [-0.1, -0.05) is 23.8 Å². The van der Waals surface area contributed by atoms with Gasteiger partial charge in [-0.2, -0.15) is 0 Å². The van der Waals surface area contributed by atoms with Crippen LogP contribution >= 0.6 is 0 Å². The molecule has 0 saturated carbocycles. The van der Waals surface area contributed by atoms with E-state index < -0.39 is 0 Å². The van der Waals surface area contributed by atoms with Gasteiger partial charge in [-0.05, 0) is 20.3 Å². The van der Waals surface area contributed by atoms with Gasteiger partial charge in [0.1, 0.15) is 0 Å². The Balaban J connectivity index is 3.62. The minimum Gasteiger partial charge on any atom is -0.392 e. The zero-order chi connectivity index (χ0) is 7.28. The molecule has 0 saturated heterocycles. The van der Waals surface area contributed by atoms with Crippen molar-refractivity contribution in [1.82, 2.24) is 0 Å². The van der Waals surface area contributed by atoms with Gasteiger partial charge in [0, 0.05) is 0 Å². The minimum atomic E-state index is 0.138. The molecule has 0 unspecified atom stereocenters. The fourth-order valence-corrected chi connectivity index (χ4v) is 0.704. The first-order valence-corrected chi connectivity index (χ1v) is 3.07. The zero-order valence-corrected chi connectivity index (χ0v) is 6.15. The van der Waals surface area contributed by atoms with Gasteiger partial charge in [0.05, 0.1) is 6.61 Å². The molecule has 0 aromatic carbocycles. The highest BCUT2D eigenvalue weighted by Gasteiger charge is 1.87. The van der Waals surface area contributed by atoms with E-state index in [9.17, 15) is 0 Å². The summed E-state index contributed by atoms with van der Waals surface area (Å²) in [6.07, 6.45) is 2.70. The quantitative estimate of drug-likeness (QED) is 0.572. The van der Waals surface area contributed by atoms with Crippen LogP contribution in [-0.2, 0) is 0 Å². The number of allylic oxidation sites excluding steroid dienone is 2.